The van der Waals surface area contributed by atoms with E-state index in [1.54, 1.807) is 31.2 Å². The number of hydrogen-bond acceptors (Lipinski definition) is 2. The van der Waals surface area contributed by atoms with Crippen molar-refractivity contribution in [2.75, 3.05) is 0 Å². The number of carbonyl (C=O) groups is 1. The van der Waals surface area contributed by atoms with Gasteiger partial charge in [-0.2, -0.15) is 0 Å². The molecule has 0 amide bonds. The van der Waals surface area contributed by atoms with Gasteiger partial charge in [0.05, 0.1) is 5.92 Å². The molecule has 0 saturated carbocycles. The Hall–Kier alpha value is -1.35. The summed E-state index contributed by atoms with van der Waals surface area (Å²) in [5, 5.41) is 19.5. The molecule has 2 unspecified atom stereocenters. The van der Waals surface area contributed by atoms with E-state index in [4.69, 9.17) is 5.11 Å². The summed E-state index contributed by atoms with van der Waals surface area (Å²) in [4.78, 5) is 11.1. The lowest BCUT2D eigenvalue weighted by atomic mass is 9.80. The van der Waals surface area contributed by atoms with E-state index in [0.29, 0.717) is 12.0 Å². The second-order valence-electron chi connectivity index (χ2n) is 4.19. The van der Waals surface area contributed by atoms with Crippen LogP contribution in [-0.4, -0.2) is 16.2 Å². The highest BCUT2D eigenvalue weighted by Crippen LogP contribution is 2.32. The molecule has 0 aliphatic heterocycles. The van der Waals surface area contributed by atoms with Gasteiger partial charge < -0.3 is 10.2 Å². The van der Waals surface area contributed by atoms with E-state index in [1.165, 1.54) is 0 Å². The molecular formula is C13H18O3. The van der Waals surface area contributed by atoms with Crippen molar-refractivity contribution in [3.8, 4) is 0 Å². The molecule has 0 aliphatic carbocycles. The molecule has 2 atom stereocenters. The van der Waals surface area contributed by atoms with Crippen LogP contribution in [0.15, 0.2) is 30.3 Å². The van der Waals surface area contributed by atoms with Gasteiger partial charge in [-0.15, -0.1) is 0 Å². The molecular weight excluding hydrogens is 204 g/mol. The van der Waals surface area contributed by atoms with Crippen molar-refractivity contribution in [3.05, 3.63) is 35.9 Å². The fourth-order valence-electron chi connectivity index (χ4n) is 1.91. The van der Waals surface area contributed by atoms with E-state index in [2.05, 4.69) is 0 Å². The van der Waals surface area contributed by atoms with Gasteiger partial charge in [-0.25, -0.2) is 0 Å². The van der Waals surface area contributed by atoms with Gasteiger partial charge in [0.25, 0.3) is 0 Å². The minimum absolute atomic E-state index is 0.469. The number of aliphatic carboxylic acids is 1. The minimum Gasteiger partial charge on any atom is -0.481 e. The summed E-state index contributed by atoms with van der Waals surface area (Å²) in [7, 11) is 0. The molecule has 16 heavy (non-hydrogen) atoms. The van der Waals surface area contributed by atoms with Gasteiger partial charge >= 0.3 is 5.97 Å². The van der Waals surface area contributed by atoms with Crippen LogP contribution in [0.3, 0.4) is 0 Å². The normalized spacial score (nSPS) is 16.4. The van der Waals surface area contributed by atoms with Gasteiger partial charge in [-0.1, -0.05) is 43.7 Å². The predicted molar refractivity (Wildman–Crippen MR) is 62.0 cm³/mol. The Morgan fingerprint density at radius 1 is 1.38 bits per heavy atom. The Morgan fingerprint density at radius 2 is 1.94 bits per heavy atom. The van der Waals surface area contributed by atoms with E-state index < -0.39 is 17.5 Å². The second-order valence-corrected chi connectivity index (χ2v) is 4.19. The van der Waals surface area contributed by atoms with Crippen molar-refractivity contribution in [1.29, 1.82) is 0 Å². The van der Waals surface area contributed by atoms with Crippen LogP contribution in [0.2, 0.25) is 0 Å². The Labute approximate surface area is 95.7 Å². The smallest absolute Gasteiger partial charge is 0.309 e. The standard InChI is InChI=1S/C13H18O3/c1-3-7-11(12(14)15)13(2,16)10-8-5-4-6-9-10/h4-6,8-9,11,16H,3,7H2,1-2H3,(H,14,15). The van der Waals surface area contributed by atoms with Crippen molar-refractivity contribution >= 4 is 5.97 Å². The lowest BCUT2D eigenvalue weighted by Crippen LogP contribution is -2.37. The van der Waals surface area contributed by atoms with Crippen LogP contribution >= 0.6 is 0 Å². The summed E-state index contributed by atoms with van der Waals surface area (Å²) >= 11 is 0. The van der Waals surface area contributed by atoms with E-state index in [1.807, 2.05) is 13.0 Å². The average molecular weight is 222 g/mol. The van der Waals surface area contributed by atoms with Crippen LogP contribution in [0.4, 0.5) is 0 Å². The predicted octanol–water partition coefficient (Wildman–Crippen LogP) is 2.40. The van der Waals surface area contributed by atoms with Crippen LogP contribution in [0, 0.1) is 5.92 Å². The lowest BCUT2D eigenvalue weighted by molar-refractivity contribution is -0.152. The fraction of sp³-hybridized carbons (Fsp3) is 0.462. The first-order chi connectivity index (χ1) is 7.50. The van der Waals surface area contributed by atoms with Crippen molar-refractivity contribution < 1.29 is 15.0 Å². The zero-order chi connectivity index (χ0) is 12.2. The molecule has 1 rings (SSSR count). The molecule has 2 N–H and O–H groups in total. The van der Waals surface area contributed by atoms with E-state index >= 15 is 0 Å². The highest BCUT2D eigenvalue weighted by Gasteiger charge is 2.37. The Bertz CT molecular complexity index is 343. The number of hydrogen-bond donors (Lipinski definition) is 2. The highest BCUT2D eigenvalue weighted by atomic mass is 16.4. The lowest BCUT2D eigenvalue weighted by Gasteiger charge is -2.30. The number of carboxylic acid groups (broad SMARTS) is 1. The summed E-state index contributed by atoms with van der Waals surface area (Å²) in [5.41, 5.74) is -0.667. The van der Waals surface area contributed by atoms with Crippen LogP contribution in [0.25, 0.3) is 0 Å². The quantitative estimate of drug-likeness (QED) is 0.804. The molecule has 0 fully saturated rings. The Morgan fingerprint density at radius 3 is 2.38 bits per heavy atom. The monoisotopic (exact) mass is 222 g/mol. The van der Waals surface area contributed by atoms with Crippen molar-refractivity contribution in [3.63, 3.8) is 0 Å². The summed E-state index contributed by atoms with van der Waals surface area (Å²) in [6, 6.07) is 8.95. The molecule has 0 heterocycles. The molecule has 3 nitrogen and oxygen atoms in total. The maximum atomic E-state index is 11.1. The van der Waals surface area contributed by atoms with Crippen LogP contribution in [0.5, 0.6) is 0 Å². The maximum Gasteiger partial charge on any atom is 0.309 e. The van der Waals surface area contributed by atoms with Crippen molar-refractivity contribution in [1.82, 2.24) is 0 Å². The molecule has 0 aliphatic rings. The van der Waals surface area contributed by atoms with Gasteiger partial charge in [0.2, 0.25) is 0 Å². The van der Waals surface area contributed by atoms with Gasteiger partial charge in [-0.05, 0) is 18.9 Å². The molecule has 88 valence electrons. The first-order valence-electron chi connectivity index (χ1n) is 5.50. The van der Waals surface area contributed by atoms with Gasteiger partial charge in [0.1, 0.15) is 5.60 Å². The van der Waals surface area contributed by atoms with Gasteiger partial charge in [0, 0.05) is 0 Å². The maximum absolute atomic E-state index is 11.1. The van der Waals surface area contributed by atoms with Crippen molar-refractivity contribution in [2.45, 2.75) is 32.3 Å². The SMILES string of the molecule is CCCC(C(=O)O)C(C)(O)c1ccccc1. The van der Waals surface area contributed by atoms with E-state index in [9.17, 15) is 9.90 Å². The molecule has 3 heteroatoms. The number of benzene rings is 1. The third-order valence-electron chi connectivity index (χ3n) is 2.91. The van der Waals surface area contributed by atoms with E-state index in [-0.39, 0.29) is 0 Å². The third-order valence-corrected chi connectivity index (χ3v) is 2.91. The van der Waals surface area contributed by atoms with Crippen LogP contribution in [-0.2, 0) is 10.4 Å². The average Bonchev–Trinajstić information content (AvgIpc) is 2.26. The third kappa shape index (κ3) is 2.61. The first-order valence-corrected chi connectivity index (χ1v) is 5.50. The van der Waals surface area contributed by atoms with E-state index in [0.717, 1.165) is 6.42 Å². The minimum atomic E-state index is -1.32. The van der Waals surface area contributed by atoms with Gasteiger partial charge in [-0.3, -0.25) is 4.79 Å². The summed E-state index contributed by atoms with van der Waals surface area (Å²) in [6.45, 7) is 3.48. The number of carboxylic acids is 1. The van der Waals surface area contributed by atoms with Crippen LogP contribution in [0.1, 0.15) is 32.3 Å². The molecule has 0 bridgehead atoms. The number of aliphatic hydroxyl groups is 1. The Kier molecular flexibility index (Phi) is 4.07. The summed E-state index contributed by atoms with van der Waals surface area (Å²) in [6.07, 6.45) is 1.21. The summed E-state index contributed by atoms with van der Waals surface area (Å²) in [5.74, 6) is -1.71. The fourth-order valence-corrected chi connectivity index (χ4v) is 1.91. The summed E-state index contributed by atoms with van der Waals surface area (Å²) < 4.78 is 0. The highest BCUT2D eigenvalue weighted by molar-refractivity contribution is 5.71. The topological polar surface area (TPSA) is 57.5 Å². The van der Waals surface area contributed by atoms with Crippen LogP contribution < -0.4 is 0 Å². The largest absolute Gasteiger partial charge is 0.481 e. The molecule has 0 saturated heterocycles. The second kappa shape index (κ2) is 5.12. The first kappa shape index (κ1) is 12.7. The molecule has 0 aromatic heterocycles. The van der Waals surface area contributed by atoms with Gasteiger partial charge in [0.15, 0.2) is 0 Å². The molecule has 0 spiro atoms. The molecule has 1 aromatic rings. The number of rotatable bonds is 5. The Balaban J connectivity index is 3.02. The van der Waals surface area contributed by atoms with Crippen molar-refractivity contribution in [2.24, 2.45) is 5.92 Å². The zero-order valence-corrected chi connectivity index (χ0v) is 9.68. The zero-order valence-electron chi connectivity index (χ0n) is 9.68. The molecule has 0 radical (unpaired) electrons. The molecule has 1 aromatic carbocycles.